The van der Waals surface area contributed by atoms with E-state index >= 15 is 0 Å². The number of nitrogens with zero attached hydrogens (tertiary/aromatic N) is 1. The van der Waals surface area contributed by atoms with Gasteiger partial charge in [0, 0.05) is 6.20 Å². The van der Waals surface area contributed by atoms with E-state index < -0.39 is 47.0 Å². The Kier molecular flexibility index (Phi) is 11.2. The molecule has 1 aromatic heterocycles. The fraction of sp³-hybridized carbons (Fsp3) is 0.132. The van der Waals surface area contributed by atoms with Crippen LogP contribution < -0.4 is 11.2 Å². The van der Waals surface area contributed by atoms with Crippen LogP contribution in [0.15, 0.2) is 228 Å². The van der Waals surface area contributed by atoms with Crippen molar-refractivity contribution in [2.24, 2.45) is 0 Å². The summed E-state index contributed by atoms with van der Waals surface area (Å²) in [5, 5.41) is 12.8. The minimum Gasteiger partial charge on any atom is -0.387 e. The van der Waals surface area contributed by atoms with E-state index in [1.54, 1.807) is 12.1 Å². The summed E-state index contributed by atoms with van der Waals surface area (Å²) >= 11 is 0. The van der Waals surface area contributed by atoms with Crippen LogP contribution in [0, 0.1) is 0 Å². The van der Waals surface area contributed by atoms with E-state index in [-0.39, 0.29) is 12.2 Å². The summed E-state index contributed by atoms with van der Waals surface area (Å²) < 4.78 is 22.9. The number of hydrogen-bond donors (Lipinski definition) is 2. The minimum absolute atomic E-state index is 0.116. The number of aromatic amines is 1. The van der Waals surface area contributed by atoms with Gasteiger partial charge in [0.05, 0.1) is 12.2 Å². The van der Waals surface area contributed by atoms with Crippen molar-refractivity contribution >= 4 is 0 Å². The van der Waals surface area contributed by atoms with Crippen molar-refractivity contribution in [3.05, 3.63) is 273 Å². The highest BCUT2D eigenvalue weighted by atomic mass is 16.6. The average Bonchev–Trinajstić information content (AvgIpc) is 3.63. The highest BCUT2D eigenvalue weighted by molar-refractivity contribution is 5.61. The number of aliphatic hydroxyl groups excluding tert-OH is 1. The van der Waals surface area contributed by atoms with Gasteiger partial charge >= 0.3 is 5.69 Å². The normalized spacial score (nSPS) is 17.9. The number of aliphatic hydroxyl groups is 1. The molecule has 61 heavy (non-hydrogen) atoms. The monoisotopic (exact) mass is 804 g/mol. The Balaban J connectivity index is 1.21. The minimum atomic E-state index is -1.35. The van der Waals surface area contributed by atoms with Gasteiger partial charge in [-0.15, -0.1) is 0 Å². The molecule has 302 valence electrons. The molecule has 0 unspecified atom stereocenters. The van der Waals surface area contributed by atoms with E-state index in [2.05, 4.69) is 4.98 Å². The summed E-state index contributed by atoms with van der Waals surface area (Å²) in [7, 11) is 0. The first-order valence-corrected chi connectivity index (χ1v) is 20.4. The van der Waals surface area contributed by atoms with E-state index in [1.807, 2.05) is 200 Å². The number of nitrogens with one attached hydrogen (secondary N) is 1. The summed E-state index contributed by atoms with van der Waals surface area (Å²) in [6.07, 6.45) is -3.30. The average molecular weight is 805 g/mol. The Morgan fingerprint density at radius 3 is 1.28 bits per heavy atom. The van der Waals surface area contributed by atoms with Crippen LogP contribution in [0.2, 0.25) is 0 Å². The maximum absolute atomic E-state index is 14.1. The molecule has 9 rings (SSSR count). The lowest BCUT2D eigenvalue weighted by Gasteiger charge is -2.40. The first-order chi connectivity index (χ1) is 30.0. The summed E-state index contributed by atoms with van der Waals surface area (Å²) in [4.78, 5) is 30.0. The van der Waals surface area contributed by atoms with Crippen molar-refractivity contribution in [3.63, 3.8) is 0 Å². The summed E-state index contributed by atoms with van der Waals surface area (Å²) in [5.74, 6) is 0. The molecule has 1 saturated heterocycles. The smallest absolute Gasteiger partial charge is 0.330 e. The van der Waals surface area contributed by atoms with Crippen LogP contribution in [0.25, 0.3) is 11.1 Å². The molecule has 8 aromatic rings. The zero-order valence-electron chi connectivity index (χ0n) is 33.2. The second-order valence-corrected chi connectivity index (χ2v) is 15.1. The van der Waals surface area contributed by atoms with Gasteiger partial charge < -0.3 is 19.3 Å². The molecule has 0 spiro atoms. The van der Waals surface area contributed by atoms with E-state index in [1.165, 1.54) is 10.8 Å². The van der Waals surface area contributed by atoms with Crippen LogP contribution in [0.5, 0.6) is 0 Å². The highest BCUT2D eigenvalue weighted by Crippen LogP contribution is 2.47. The third-order valence-corrected chi connectivity index (χ3v) is 11.5. The zero-order chi connectivity index (χ0) is 41.7. The van der Waals surface area contributed by atoms with Gasteiger partial charge in [-0.05, 0) is 38.9 Å². The van der Waals surface area contributed by atoms with E-state index in [4.69, 9.17) is 14.2 Å². The van der Waals surface area contributed by atoms with Crippen molar-refractivity contribution in [2.45, 2.75) is 35.7 Å². The fourth-order valence-electron chi connectivity index (χ4n) is 8.61. The van der Waals surface area contributed by atoms with Crippen molar-refractivity contribution in [2.75, 3.05) is 6.61 Å². The number of hydrogen-bond acceptors (Lipinski definition) is 6. The molecule has 1 aliphatic heterocycles. The van der Waals surface area contributed by atoms with Gasteiger partial charge in [0.1, 0.15) is 29.5 Å². The van der Waals surface area contributed by atoms with Crippen LogP contribution in [0.4, 0.5) is 0 Å². The van der Waals surface area contributed by atoms with Crippen molar-refractivity contribution in [1.82, 2.24) is 9.55 Å². The molecule has 0 amide bonds. The number of aromatic nitrogens is 2. The second-order valence-electron chi connectivity index (χ2n) is 15.1. The fourth-order valence-corrected chi connectivity index (χ4v) is 8.61. The molecular weight excluding hydrogens is 761 g/mol. The van der Waals surface area contributed by atoms with Crippen LogP contribution in [-0.4, -0.2) is 39.6 Å². The Morgan fingerprint density at radius 1 is 0.525 bits per heavy atom. The van der Waals surface area contributed by atoms with E-state index in [0.29, 0.717) is 5.56 Å². The molecule has 0 radical (unpaired) electrons. The van der Waals surface area contributed by atoms with Gasteiger partial charge in [-0.2, -0.15) is 0 Å². The molecule has 1 aliphatic rings. The van der Waals surface area contributed by atoms with Crippen LogP contribution >= 0.6 is 0 Å². The molecule has 2 heterocycles. The van der Waals surface area contributed by atoms with Crippen molar-refractivity contribution in [3.8, 4) is 11.1 Å². The topological polar surface area (TPSA) is 103 Å². The second kappa shape index (κ2) is 17.3. The third kappa shape index (κ3) is 7.47. The van der Waals surface area contributed by atoms with Crippen molar-refractivity contribution < 1.29 is 19.3 Å². The Bertz CT molecular complexity index is 2570. The Hall–Kier alpha value is -6.94. The molecule has 0 aliphatic carbocycles. The lowest BCUT2D eigenvalue weighted by molar-refractivity contribution is -0.125. The van der Waals surface area contributed by atoms with Crippen molar-refractivity contribution in [1.29, 1.82) is 0 Å². The number of H-pyrrole nitrogens is 1. The highest BCUT2D eigenvalue weighted by Gasteiger charge is 2.52. The van der Waals surface area contributed by atoms with Gasteiger partial charge in [0.25, 0.3) is 5.56 Å². The molecule has 8 heteroatoms. The van der Waals surface area contributed by atoms with Gasteiger partial charge in [-0.25, -0.2) is 4.79 Å². The molecule has 7 aromatic carbocycles. The van der Waals surface area contributed by atoms with E-state index in [0.717, 1.165) is 33.4 Å². The largest absolute Gasteiger partial charge is 0.387 e. The first-order valence-electron chi connectivity index (χ1n) is 20.4. The number of rotatable bonds is 13. The van der Waals surface area contributed by atoms with Crippen LogP contribution in [0.1, 0.15) is 39.6 Å². The Morgan fingerprint density at radius 2 is 0.885 bits per heavy atom. The molecule has 2 N–H and O–H groups in total. The maximum atomic E-state index is 14.1. The molecule has 0 saturated carbocycles. The quantitative estimate of drug-likeness (QED) is 0.113. The molecule has 0 bridgehead atoms. The number of benzene rings is 7. The SMILES string of the molecule is O=c1[nH]c(=O)n([C@@H]2O[C@H](COC(c3ccccc3)(c3ccccc3)c3ccccc3)[C@@H](O)[C@H]2OC(c2ccccc2)(c2ccccc2)c2ccccc2)cc1-c1ccccc1. The van der Waals surface area contributed by atoms with Gasteiger partial charge in [-0.3, -0.25) is 14.3 Å². The molecular formula is C53H44N2O6. The lowest BCUT2D eigenvalue weighted by Crippen LogP contribution is -2.46. The molecule has 8 nitrogen and oxygen atoms in total. The summed E-state index contributed by atoms with van der Waals surface area (Å²) in [6, 6.07) is 68.5. The number of ether oxygens (including phenoxy) is 3. The predicted octanol–water partition coefficient (Wildman–Crippen LogP) is 8.85. The van der Waals surface area contributed by atoms with Crippen LogP contribution in [0.3, 0.4) is 0 Å². The summed E-state index contributed by atoms with van der Waals surface area (Å²) in [5.41, 5.74) is 2.21. The van der Waals surface area contributed by atoms with Crippen LogP contribution in [-0.2, 0) is 25.4 Å². The van der Waals surface area contributed by atoms with Gasteiger partial charge in [0.2, 0.25) is 0 Å². The third-order valence-electron chi connectivity index (χ3n) is 11.5. The Labute approximate surface area is 353 Å². The molecule has 4 atom stereocenters. The van der Waals surface area contributed by atoms with Gasteiger partial charge in [-0.1, -0.05) is 212 Å². The standard InChI is InChI=1S/C53H44N2O6/c56-47-46(37-59-52(39-24-10-2-11-25-39,40-26-12-3-13-27-40)41-28-14-4-15-29-41)60-50(55-36-45(49(57)54-51(55)58)38-22-8-1-9-23-38)48(47)61-53(42-30-16-5-17-31-42,43-32-18-6-19-33-43)44-34-20-7-21-35-44/h1-36,46-48,50,56H,37H2,(H,54,57,58)/t46-,47-,48-,50-/m1/s1. The lowest BCUT2D eigenvalue weighted by atomic mass is 9.79. The van der Waals surface area contributed by atoms with E-state index in [9.17, 15) is 14.7 Å². The predicted molar refractivity (Wildman–Crippen MR) is 236 cm³/mol. The summed E-state index contributed by atoms with van der Waals surface area (Å²) in [6.45, 7) is -0.116. The zero-order valence-corrected chi connectivity index (χ0v) is 33.2. The first kappa shape index (κ1) is 39.5. The molecule has 1 fully saturated rings. The van der Waals surface area contributed by atoms with Gasteiger partial charge in [0.15, 0.2) is 6.23 Å². The maximum Gasteiger partial charge on any atom is 0.330 e.